The van der Waals surface area contributed by atoms with Crippen molar-refractivity contribution < 1.29 is 0 Å². The van der Waals surface area contributed by atoms with Crippen LogP contribution in [-0.4, -0.2) is 24.1 Å². The van der Waals surface area contributed by atoms with E-state index >= 15 is 0 Å². The average molecular weight is 817 g/mol. The van der Waals surface area contributed by atoms with Crippen molar-refractivity contribution in [2.45, 2.75) is 0 Å². The monoisotopic (exact) mass is 816 g/mol. The van der Waals surface area contributed by atoms with Gasteiger partial charge in [-0.05, 0) is 60.2 Å². The molecule has 5 aromatic heterocycles. The van der Waals surface area contributed by atoms with Gasteiger partial charge in [-0.1, -0.05) is 158 Å². The summed E-state index contributed by atoms with van der Waals surface area (Å²) >= 11 is 0. The molecule has 0 aliphatic heterocycles. The molecule has 0 atom stereocenters. The zero-order chi connectivity index (χ0) is 42.6. The minimum atomic E-state index is 0.568. The van der Waals surface area contributed by atoms with Crippen LogP contribution in [0.2, 0.25) is 0 Å². The highest BCUT2D eigenvalue weighted by atomic mass is 15.1. The molecule has 6 nitrogen and oxygen atoms in total. The van der Waals surface area contributed by atoms with Crippen molar-refractivity contribution in [2.24, 2.45) is 0 Å². The van der Waals surface area contributed by atoms with Crippen molar-refractivity contribution in [1.82, 2.24) is 24.1 Å². The molecule has 64 heavy (non-hydrogen) atoms. The molecular weight excluding hydrogens is 781 g/mol. The van der Waals surface area contributed by atoms with Crippen LogP contribution in [0.25, 0.3) is 116 Å². The van der Waals surface area contributed by atoms with Gasteiger partial charge in [0.2, 0.25) is 0 Å². The Labute approximate surface area is 369 Å². The van der Waals surface area contributed by atoms with Crippen molar-refractivity contribution in [1.29, 1.82) is 0 Å². The molecule has 0 saturated carbocycles. The molecule has 0 amide bonds. The molecule has 0 radical (unpaired) electrons. The maximum absolute atomic E-state index is 8.31. The summed E-state index contributed by atoms with van der Waals surface area (Å²) in [5, 5.41) is 4.49. The van der Waals surface area contributed by atoms with E-state index in [0.717, 1.165) is 111 Å². The summed E-state index contributed by atoms with van der Waals surface area (Å²) in [4.78, 5) is 19.7. The van der Waals surface area contributed by atoms with Gasteiger partial charge in [-0.2, -0.15) is 0 Å². The zero-order valence-corrected chi connectivity index (χ0v) is 34.5. The van der Waals surface area contributed by atoms with E-state index in [-0.39, 0.29) is 0 Å². The van der Waals surface area contributed by atoms with Crippen LogP contribution in [0.3, 0.4) is 0 Å². The van der Waals surface area contributed by atoms with Crippen molar-refractivity contribution in [3.05, 3.63) is 230 Å². The zero-order valence-electron chi connectivity index (χ0n) is 34.5. The summed E-state index contributed by atoms with van der Waals surface area (Å²) in [5.41, 5.74) is 15.1. The molecule has 0 aliphatic rings. The van der Waals surface area contributed by atoms with Crippen molar-refractivity contribution >= 4 is 49.3 Å². The molecule has 0 unspecified atom stereocenters. The molecule has 12 rings (SSSR count). The molecule has 0 aliphatic carbocycles. The Balaban J connectivity index is 1.08. The Morgan fingerprint density at radius 3 is 1.41 bits per heavy atom. The molecule has 298 valence electrons. The van der Waals surface area contributed by atoms with E-state index in [1.54, 1.807) is 0 Å². The molecule has 0 spiro atoms. The van der Waals surface area contributed by atoms with E-state index in [2.05, 4.69) is 166 Å². The predicted octanol–water partition coefficient (Wildman–Crippen LogP) is 15.0. The summed E-state index contributed by atoms with van der Waals surface area (Å²) in [7, 11) is 0. The summed E-state index contributed by atoms with van der Waals surface area (Å²) in [6, 6.07) is 73.2. The second-order valence-electron chi connectivity index (χ2n) is 15.9. The van der Waals surface area contributed by atoms with Gasteiger partial charge in [0.15, 0.2) is 5.69 Å². The molecule has 0 fully saturated rings. The Morgan fingerprint density at radius 2 is 0.828 bits per heavy atom. The van der Waals surface area contributed by atoms with Gasteiger partial charge in [0.05, 0.1) is 63.3 Å². The topological polar surface area (TPSA) is 52.9 Å². The van der Waals surface area contributed by atoms with E-state index in [9.17, 15) is 0 Å². The smallest absolute Gasteiger partial charge is 0.194 e. The molecule has 5 heterocycles. The fourth-order valence-corrected chi connectivity index (χ4v) is 9.25. The van der Waals surface area contributed by atoms with Crippen LogP contribution in [-0.2, 0) is 0 Å². The van der Waals surface area contributed by atoms with Gasteiger partial charge in [-0.3, -0.25) is 4.57 Å². The highest BCUT2D eigenvalue weighted by molar-refractivity contribution is 6.12. The summed E-state index contributed by atoms with van der Waals surface area (Å²) in [6.45, 7) is 8.31. The maximum atomic E-state index is 8.31. The fraction of sp³-hybridized carbons (Fsp3) is 0. The highest BCUT2D eigenvalue weighted by Crippen LogP contribution is 2.42. The predicted molar refractivity (Wildman–Crippen MR) is 262 cm³/mol. The lowest BCUT2D eigenvalue weighted by molar-refractivity contribution is 1.06. The van der Waals surface area contributed by atoms with Gasteiger partial charge in [0.25, 0.3) is 0 Å². The second kappa shape index (κ2) is 15.2. The number of rotatable bonds is 7. The third-order valence-electron chi connectivity index (χ3n) is 12.2. The van der Waals surface area contributed by atoms with E-state index in [1.807, 2.05) is 66.9 Å². The normalized spacial score (nSPS) is 11.4. The third-order valence-corrected chi connectivity index (χ3v) is 12.2. The molecule has 0 bridgehead atoms. The fourth-order valence-electron chi connectivity index (χ4n) is 9.25. The minimum absolute atomic E-state index is 0.568. The van der Waals surface area contributed by atoms with Gasteiger partial charge in [0, 0.05) is 49.4 Å². The highest BCUT2D eigenvalue weighted by Gasteiger charge is 2.22. The average Bonchev–Trinajstić information content (AvgIpc) is 3.89. The Kier molecular flexibility index (Phi) is 8.77. The number of para-hydroxylation sites is 3. The standard InChI is InChI=1S/C58H36N6/c1-59-52-23-11-8-20-42(52)47-36-58(64-54-29-13-10-22-44(54)46-33-31-41(35-56(46)64)51-27-15-25-49(62-51)39-18-6-3-7-19-39)60-37-57(47)63-53-28-12-9-21-43(53)45-32-30-40(34-55(45)63)50-26-14-24-48(61-50)38-16-4-2-5-17-38/h2-37H. The lowest BCUT2D eigenvalue weighted by Crippen LogP contribution is -2.03. The Morgan fingerprint density at radius 1 is 0.359 bits per heavy atom. The Hall–Kier alpha value is -8.92. The van der Waals surface area contributed by atoms with Crippen LogP contribution in [0.1, 0.15) is 0 Å². The second-order valence-corrected chi connectivity index (χ2v) is 15.9. The first-order valence-electron chi connectivity index (χ1n) is 21.3. The van der Waals surface area contributed by atoms with Gasteiger partial charge < -0.3 is 4.57 Å². The number of nitrogens with zero attached hydrogens (tertiary/aromatic N) is 6. The van der Waals surface area contributed by atoms with Crippen LogP contribution in [0.5, 0.6) is 0 Å². The number of benzene rings is 7. The van der Waals surface area contributed by atoms with E-state index in [4.69, 9.17) is 21.5 Å². The first-order valence-corrected chi connectivity index (χ1v) is 21.3. The van der Waals surface area contributed by atoms with Crippen LogP contribution in [0, 0.1) is 6.57 Å². The Bertz CT molecular complexity index is 3800. The third kappa shape index (κ3) is 6.14. The number of aromatic nitrogens is 5. The number of hydrogen-bond acceptors (Lipinski definition) is 3. The van der Waals surface area contributed by atoms with Crippen molar-refractivity contribution in [3.8, 4) is 67.7 Å². The molecule has 7 aromatic carbocycles. The number of pyridine rings is 3. The van der Waals surface area contributed by atoms with Gasteiger partial charge in [-0.15, -0.1) is 0 Å². The van der Waals surface area contributed by atoms with E-state index in [1.165, 1.54) is 0 Å². The van der Waals surface area contributed by atoms with Crippen LogP contribution < -0.4 is 0 Å². The van der Waals surface area contributed by atoms with E-state index in [0.29, 0.717) is 5.69 Å². The molecule has 0 saturated heterocycles. The van der Waals surface area contributed by atoms with Crippen LogP contribution in [0.4, 0.5) is 5.69 Å². The van der Waals surface area contributed by atoms with Gasteiger partial charge >= 0.3 is 0 Å². The summed E-state index contributed by atoms with van der Waals surface area (Å²) in [5.74, 6) is 0.747. The van der Waals surface area contributed by atoms with Crippen molar-refractivity contribution in [3.63, 3.8) is 0 Å². The molecular formula is C58H36N6. The first kappa shape index (κ1) is 36.9. The quantitative estimate of drug-likeness (QED) is 0.151. The molecule has 12 aromatic rings. The van der Waals surface area contributed by atoms with E-state index < -0.39 is 0 Å². The van der Waals surface area contributed by atoms with Gasteiger partial charge in [-0.25, -0.2) is 19.8 Å². The van der Waals surface area contributed by atoms with Crippen molar-refractivity contribution in [2.75, 3.05) is 0 Å². The lowest BCUT2D eigenvalue weighted by Gasteiger charge is -2.17. The van der Waals surface area contributed by atoms with Crippen LogP contribution in [0.15, 0.2) is 219 Å². The minimum Gasteiger partial charge on any atom is -0.307 e. The SMILES string of the molecule is [C-]#[N+]c1ccccc1-c1cc(-n2c3ccccc3c3ccc(-c4cccc(-c5ccccc5)n4)cc32)ncc1-n1c2ccccc2c2ccc(-c3cccc(-c4ccccc4)n3)cc21. The summed E-state index contributed by atoms with van der Waals surface area (Å²) in [6.07, 6.45) is 1.98. The largest absolute Gasteiger partial charge is 0.307 e. The molecule has 6 heteroatoms. The number of hydrogen-bond donors (Lipinski definition) is 0. The number of fused-ring (bicyclic) bond motifs is 6. The van der Waals surface area contributed by atoms with Gasteiger partial charge in [0.1, 0.15) is 5.82 Å². The first-order chi connectivity index (χ1) is 31.7. The summed E-state index contributed by atoms with van der Waals surface area (Å²) < 4.78 is 4.55. The maximum Gasteiger partial charge on any atom is 0.194 e. The molecule has 0 N–H and O–H groups in total. The lowest BCUT2D eigenvalue weighted by atomic mass is 10.0. The van der Waals surface area contributed by atoms with Crippen LogP contribution >= 0.6 is 0 Å².